The number of phenols is 2. The van der Waals surface area contributed by atoms with Crippen LogP contribution in [0, 0.1) is 0 Å². The van der Waals surface area contributed by atoms with Crippen LogP contribution in [-0.4, -0.2) is 28.2 Å². The van der Waals surface area contributed by atoms with Crippen molar-refractivity contribution in [1.29, 1.82) is 0 Å². The predicted octanol–water partition coefficient (Wildman–Crippen LogP) is 3.11. The van der Waals surface area contributed by atoms with E-state index in [0.29, 0.717) is 0 Å². The summed E-state index contributed by atoms with van der Waals surface area (Å²) in [7, 11) is 0. The molecule has 0 aliphatic carbocycles. The first-order chi connectivity index (χ1) is 8.66. The summed E-state index contributed by atoms with van der Waals surface area (Å²) in [5.74, 6) is -0.192. The van der Waals surface area contributed by atoms with Crippen molar-refractivity contribution < 1.29 is 10.2 Å². The maximum atomic E-state index is 9.40. The van der Waals surface area contributed by atoms with Crippen LogP contribution in [0.4, 0.5) is 0 Å². The van der Waals surface area contributed by atoms with Crippen molar-refractivity contribution in [1.82, 2.24) is 4.90 Å². The molecular weight excluding hydrogens is 226 g/mol. The van der Waals surface area contributed by atoms with Gasteiger partial charge < -0.3 is 15.1 Å². The number of aromatic hydroxyl groups is 2. The van der Waals surface area contributed by atoms with E-state index in [1.807, 2.05) is 12.2 Å². The van der Waals surface area contributed by atoms with Gasteiger partial charge in [-0.2, -0.15) is 0 Å². The van der Waals surface area contributed by atoms with E-state index in [4.69, 9.17) is 0 Å². The molecule has 0 amide bonds. The highest BCUT2D eigenvalue weighted by molar-refractivity contribution is 5.57. The standard InChI is InChI=1S/C15H19NO2/c1-12(16-9-3-2-4-10-16)5-6-13-7-8-14(17)15(18)11-13/h5-8,11,17-18H,1-4,9-10H2/b6-5+. The third-order valence-electron chi connectivity index (χ3n) is 3.23. The zero-order valence-corrected chi connectivity index (χ0v) is 10.5. The minimum absolute atomic E-state index is 0.0954. The summed E-state index contributed by atoms with van der Waals surface area (Å²) >= 11 is 0. The van der Waals surface area contributed by atoms with E-state index in [0.717, 1.165) is 24.4 Å². The van der Waals surface area contributed by atoms with Crippen molar-refractivity contribution in [3.05, 3.63) is 42.1 Å². The lowest BCUT2D eigenvalue weighted by Gasteiger charge is -2.28. The normalized spacial score (nSPS) is 16.1. The van der Waals surface area contributed by atoms with Gasteiger partial charge in [0.15, 0.2) is 11.5 Å². The lowest BCUT2D eigenvalue weighted by molar-refractivity contribution is 0.294. The van der Waals surface area contributed by atoms with Gasteiger partial charge in [0.05, 0.1) is 0 Å². The Morgan fingerprint density at radius 3 is 2.50 bits per heavy atom. The van der Waals surface area contributed by atoms with Crippen LogP contribution in [0.25, 0.3) is 6.08 Å². The zero-order valence-electron chi connectivity index (χ0n) is 10.5. The third-order valence-corrected chi connectivity index (χ3v) is 3.23. The second-order valence-electron chi connectivity index (χ2n) is 4.62. The highest BCUT2D eigenvalue weighted by atomic mass is 16.3. The number of phenolic OH excluding ortho intramolecular Hbond substituents is 2. The number of hydrogen-bond donors (Lipinski definition) is 2. The third kappa shape index (κ3) is 3.06. The molecule has 0 atom stereocenters. The quantitative estimate of drug-likeness (QED) is 0.635. The molecule has 0 radical (unpaired) electrons. The van der Waals surface area contributed by atoms with Gasteiger partial charge in [0.2, 0.25) is 0 Å². The van der Waals surface area contributed by atoms with Gasteiger partial charge in [0.25, 0.3) is 0 Å². The van der Waals surface area contributed by atoms with Crippen LogP contribution in [0.3, 0.4) is 0 Å². The molecule has 1 aliphatic heterocycles. The molecule has 0 unspecified atom stereocenters. The molecular formula is C15H19NO2. The Bertz CT molecular complexity index is 460. The number of hydrogen-bond acceptors (Lipinski definition) is 3. The summed E-state index contributed by atoms with van der Waals surface area (Å²) in [5.41, 5.74) is 1.85. The fourth-order valence-corrected chi connectivity index (χ4v) is 2.12. The molecule has 96 valence electrons. The van der Waals surface area contributed by atoms with Crippen LogP contribution in [-0.2, 0) is 0 Å². The van der Waals surface area contributed by atoms with E-state index in [1.54, 1.807) is 6.07 Å². The molecule has 18 heavy (non-hydrogen) atoms. The van der Waals surface area contributed by atoms with Gasteiger partial charge in [-0.25, -0.2) is 0 Å². The fourth-order valence-electron chi connectivity index (χ4n) is 2.12. The zero-order chi connectivity index (χ0) is 13.0. The second-order valence-corrected chi connectivity index (χ2v) is 4.62. The predicted molar refractivity (Wildman–Crippen MR) is 73.4 cm³/mol. The van der Waals surface area contributed by atoms with Crippen LogP contribution in [0.5, 0.6) is 11.5 Å². The number of nitrogens with zero attached hydrogens (tertiary/aromatic N) is 1. The molecule has 1 fully saturated rings. The molecule has 0 aromatic heterocycles. The van der Waals surface area contributed by atoms with E-state index in [1.165, 1.54) is 31.4 Å². The monoisotopic (exact) mass is 245 g/mol. The summed E-state index contributed by atoms with van der Waals surface area (Å²) in [6.45, 7) is 6.21. The van der Waals surface area contributed by atoms with Crippen LogP contribution < -0.4 is 0 Å². The first-order valence-corrected chi connectivity index (χ1v) is 6.31. The Labute approximate surface area is 108 Å². The Hall–Kier alpha value is -1.90. The van der Waals surface area contributed by atoms with E-state index < -0.39 is 0 Å². The summed E-state index contributed by atoms with van der Waals surface area (Å²) in [6.07, 6.45) is 7.62. The van der Waals surface area contributed by atoms with Gasteiger partial charge >= 0.3 is 0 Å². The highest BCUT2D eigenvalue weighted by Crippen LogP contribution is 2.25. The maximum absolute atomic E-state index is 9.40. The van der Waals surface area contributed by atoms with Gasteiger partial charge in [-0.15, -0.1) is 0 Å². The van der Waals surface area contributed by atoms with Gasteiger partial charge in [-0.1, -0.05) is 18.7 Å². The summed E-state index contributed by atoms with van der Waals surface area (Å²) < 4.78 is 0. The molecule has 1 heterocycles. The molecule has 0 spiro atoms. The highest BCUT2D eigenvalue weighted by Gasteiger charge is 2.09. The first kappa shape index (κ1) is 12.6. The number of likely N-dealkylation sites (tertiary alicyclic amines) is 1. The van der Waals surface area contributed by atoms with Crippen LogP contribution in [0.15, 0.2) is 36.6 Å². The van der Waals surface area contributed by atoms with Crippen LogP contribution >= 0.6 is 0 Å². The topological polar surface area (TPSA) is 43.7 Å². The van der Waals surface area contributed by atoms with E-state index in [2.05, 4.69) is 11.5 Å². The minimum Gasteiger partial charge on any atom is -0.504 e. The fraction of sp³-hybridized carbons (Fsp3) is 0.333. The van der Waals surface area contributed by atoms with Crippen LogP contribution in [0.2, 0.25) is 0 Å². The smallest absolute Gasteiger partial charge is 0.157 e. The molecule has 1 aromatic rings. The average Bonchev–Trinajstić information content (AvgIpc) is 2.41. The lowest BCUT2D eigenvalue weighted by atomic mass is 10.1. The number of rotatable bonds is 3. The molecule has 2 N–H and O–H groups in total. The first-order valence-electron chi connectivity index (χ1n) is 6.31. The van der Waals surface area contributed by atoms with Crippen molar-refractivity contribution in [3.63, 3.8) is 0 Å². The van der Waals surface area contributed by atoms with Gasteiger partial charge in [-0.3, -0.25) is 0 Å². The molecule has 2 rings (SSSR count). The minimum atomic E-state index is -0.0965. The van der Waals surface area contributed by atoms with Crippen molar-refractivity contribution in [2.75, 3.05) is 13.1 Å². The van der Waals surface area contributed by atoms with Crippen LogP contribution in [0.1, 0.15) is 24.8 Å². The molecule has 0 saturated carbocycles. The SMILES string of the molecule is C=C(/C=C/c1ccc(O)c(O)c1)N1CCCCC1. The summed E-state index contributed by atoms with van der Waals surface area (Å²) in [5, 5.41) is 18.6. The molecule has 1 aromatic carbocycles. The van der Waals surface area contributed by atoms with E-state index in [9.17, 15) is 10.2 Å². The largest absolute Gasteiger partial charge is 0.504 e. The van der Waals surface area contributed by atoms with Gasteiger partial charge in [0, 0.05) is 18.8 Å². The van der Waals surface area contributed by atoms with Crippen molar-refractivity contribution in [3.8, 4) is 11.5 Å². The second kappa shape index (κ2) is 5.63. The Balaban J connectivity index is 2.01. The Morgan fingerprint density at radius 2 is 1.83 bits per heavy atom. The van der Waals surface area contributed by atoms with Gasteiger partial charge in [0.1, 0.15) is 0 Å². The molecule has 1 aliphatic rings. The molecule has 0 bridgehead atoms. The van der Waals surface area contributed by atoms with Crippen molar-refractivity contribution >= 4 is 6.08 Å². The van der Waals surface area contributed by atoms with E-state index >= 15 is 0 Å². The van der Waals surface area contributed by atoms with E-state index in [-0.39, 0.29) is 11.5 Å². The molecule has 3 heteroatoms. The Kier molecular flexibility index (Phi) is 3.92. The Morgan fingerprint density at radius 1 is 1.11 bits per heavy atom. The average molecular weight is 245 g/mol. The molecule has 3 nitrogen and oxygen atoms in total. The number of benzene rings is 1. The lowest BCUT2D eigenvalue weighted by Crippen LogP contribution is -2.27. The summed E-state index contributed by atoms with van der Waals surface area (Å²) in [4.78, 5) is 2.28. The van der Waals surface area contributed by atoms with Gasteiger partial charge in [-0.05, 0) is 43.0 Å². The van der Waals surface area contributed by atoms with Crippen molar-refractivity contribution in [2.45, 2.75) is 19.3 Å². The number of allylic oxidation sites excluding steroid dienone is 1. The number of piperidine rings is 1. The molecule has 1 saturated heterocycles. The maximum Gasteiger partial charge on any atom is 0.157 e. The van der Waals surface area contributed by atoms with Crippen molar-refractivity contribution in [2.24, 2.45) is 0 Å². The summed E-state index contributed by atoms with van der Waals surface area (Å²) in [6, 6.07) is 4.78.